The van der Waals surface area contributed by atoms with E-state index in [-0.39, 0.29) is 18.4 Å². The number of benzene rings is 2. The number of fused-ring (bicyclic) bond motifs is 1. The second-order valence-electron chi connectivity index (χ2n) is 10.6. The number of halogens is 3. The van der Waals surface area contributed by atoms with Crippen molar-refractivity contribution in [2.45, 2.75) is 37.4 Å². The van der Waals surface area contributed by atoms with Gasteiger partial charge in [-0.3, -0.25) is 4.68 Å². The van der Waals surface area contributed by atoms with Gasteiger partial charge in [0.2, 0.25) is 0 Å². The molecule has 0 unspecified atom stereocenters. The van der Waals surface area contributed by atoms with Crippen molar-refractivity contribution in [3.63, 3.8) is 0 Å². The topological polar surface area (TPSA) is 91.0 Å². The van der Waals surface area contributed by atoms with Gasteiger partial charge in [-0.15, -0.1) is 0 Å². The van der Waals surface area contributed by atoms with Gasteiger partial charge in [-0.1, -0.05) is 24.3 Å². The summed E-state index contributed by atoms with van der Waals surface area (Å²) >= 11 is 0. The maximum Gasteiger partial charge on any atom is 0.402 e. The minimum atomic E-state index is -4.60. The highest BCUT2D eigenvalue weighted by Gasteiger charge is 2.60. The molecule has 198 valence electrons. The van der Waals surface area contributed by atoms with Crippen LogP contribution >= 0.6 is 0 Å². The van der Waals surface area contributed by atoms with Crippen LogP contribution in [0.1, 0.15) is 29.5 Å². The lowest BCUT2D eigenvalue weighted by atomic mass is 9.79. The van der Waals surface area contributed by atoms with E-state index in [0.717, 1.165) is 46.5 Å². The zero-order chi connectivity index (χ0) is 26.9. The van der Waals surface area contributed by atoms with Gasteiger partial charge in [-0.25, -0.2) is 0 Å². The molecule has 7 nitrogen and oxygen atoms in total. The van der Waals surface area contributed by atoms with Crippen molar-refractivity contribution >= 4 is 10.2 Å². The molecule has 2 aliphatic carbocycles. The van der Waals surface area contributed by atoms with Crippen LogP contribution in [-0.2, 0) is 30.1 Å². The zero-order valence-corrected chi connectivity index (χ0v) is 21.5. The number of rotatable bonds is 3. The quantitative estimate of drug-likeness (QED) is 0.538. The molecule has 6 rings (SSSR count). The van der Waals surface area contributed by atoms with Crippen LogP contribution in [0.25, 0.3) is 22.5 Å². The van der Waals surface area contributed by atoms with Crippen LogP contribution in [0.2, 0.25) is 0 Å². The maximum atomic E-state index is 13.1. The van der Waals surface area contributed by atoms with Gasteiger partial charge in [0, 0.05) is 19.2 Å². The SMILES string of the molecule is Cn1nc(-c2ccc3c(c2)C[C@@H]2CC[C@H](C3)[C@]23CN(CC(F)(F)F)S(=O)(=O)N3)cc1-c1ccc(C#N)cc1. The third-order valence-corrected chi connectivity index (χ3v) is 9.97. The van der Waals surface area contributed by atoms with Gasteiger partial charge in [0.05, 0.1) is 28.6 Å². The highest BCUT2D eigenvalue weighted by Crippen LogP contribution is 2.51. The van der Waals surface area contributed by atoms with Crippen LogP contribution in [0.4, 0.5) is 13.2 Å². The van der Waals surface area contributed by atoms with Crippen LogP contribution in [0.3, 0.4) is 0 Å². The Hall–Kier alpha value is -3.20. The Kier molecular flexibility index (Phi) is 5.72. The molecule has 0 radical (unpaired) electrons. The largest absolute Gasteiger partial charge is 0.402 e. The summed E-state index contributed by atoms with van der Waals surface area (Å²) in [6.07, 6.45) is -1.84. The summed E-state index contributed by atoms with van der Waals surface area (Å²) < 4.78 is 69.9. The molecule has 11 heteroatoms. The first-order chi connectivity index (χ1) is 18.0. The summed E-state index contributed by atoms with van der Waals surface area (Å²) in [7, 11) is -2.35. The summed E-state index contributed by atoms with van der Waals surface area (Å²) in [6.45, 7) is -1.62. The van der Waals surface area contributed by atoms with Crippen LogP contribution < -0.4 is 4.72 Å². The van der Waals surface area contributed by atoms with E-state index in [1.807, 2.05) is 37.4 Å². The number of aryl methyl sites for hydroxylation is 1. The van der Waals surface area contributed by atoms with Crippen molar-refractivity contribution in [1.29, 1.82) is 5.26 Å². The van der Waals surface area contributed by atoms with Crippen LogP contribution in [0.15, 0.2) is 48.5 Å². The van der Waals surface area contributed by atoms with E-state index in [9.17, 15) is 21.6 Å². The van der Waals surface area contributed by atoms with Gasteiger partial charge in [0.1, 0.15) is 6.54 Å². The van der Waals surface area contributed by atoms with E-state index in [0.29, 0.717) is 22.7 Å². The molecule has 1 aromatic heterocycles. The predicted molar refractivity (Wildman–Crippen MR) is 135 cm³/mol. The van der Waals surface area contributed by atoms with Crippen molar-refractivity contribution in [2.75, 3.05) is 13.1 Å². The molecular formula is C27H26F3N5O2S. The second-order valence-corrected chi connectivity index (χ2v) is 12.3. The Bertz CT molecular complexity index is 1560. The van der Waals surface area contributed by atoms with Gasteiger partial charge in [0.15, 0.2) is 0 Å². The molecular weight excluding hydrogens is 515 g/mol. The van der Waals surface area contributed by atoms with E-state index in [1.54, 1.807) is 16.8 Å². The highest BCUT2D eigenvalue weighted by molar-refractivity contribution is 7.87. The van der Waals surface area contributed by atoms with Gasteiger partial charge >= 0.3 is 6.18 Å². The fourth-order valence-corrected chi connectivity index (χ4v) is 8.31. The molecule has 3 atom stereocenters. The molecule has 38 heavy (non-hydrogen) atoms. The lowest BCUT2D eigenvalue weighted by Crippen LogP contribution is -2.52. The number of aromatic nitrogens is 2. The smallest absolute Gasteiger partial charge is 0.267 e. The summed E-state index contributed by atoms with van der Waals surface area (Å²) in [6, 6.07) is 17.6. The minimum Gasteiger partial charge on any atom is -0.267 e. The number of hydrogen-bond donors (Lipinski definition) is 1. The van der Waals surface area contributed by atoms with Gasteiger partial charge in [0.25, 0.3) is 10.2 Å². The average molecular weight is 542 g/mol. The Morgan fingerprint density at radius 1 is 1.05 bits per heavy atom. The highest BCUT2D eigenvalue weighted by atomic mass is 32.2. The summed E-state index contributed by atoms with van der Waals surface area (Å²) in [5.74, 6) is -0.152. The third-order valence-electron chi connectivity index (χ3n) is 8.40. The van der Waals surface area contributed by atoms with E-state index >= 15 is 0 Å². The molecule has 1 saturated heterocycles. The van der Waals surface area contributed by atoms with Crippen molar-refractivity contribution in [3.05, 3.63) is 65.2 Å². The summed E-state index contributed by atoms with van der Waals surface area (Å²) in [5.41, 5.74) is 5.45. The van der Waals surface area contributed by atoms with Crippen LogP contribution in [0, 0.1) is 23.2 Å². The minimum absolute atomic E-state index is 0.0644. The van der Waals surface area contributed by atoms with Crippen LogP contribution in [0.5, 0.6) is 0 Å². The van der Waals surface area contributed by atoms with Gasteiger partial charge in [-0.2, -0.15) is 41.0 Å². The molecule has 2 fully saturated rings. The molecule has 1 aliphatic heterocycles. The Morgan fingerprint density at radius 2 is 1.71 bits per heavy atom. The first kappa shape index (κ1) is 25.1. The molecule has 3 aromatic rings. The first-order valence-electron chi connectivity index (χ1n) is 12.5. The van der Waals surface area contributed by atoms with Gasteiger partial charge < -0.3 is 0 Å². The predicted octanol–water partition coefficient (Wildman–Crippen LogP) is 4.20. The fourth-order valence-electron chi connectivity index (χ4n) is 6.60. The van der Waals surface area contributed by atoms with E-state index in [2.05, 4.69) is 16.9 Å². The normalized spacial score (nSPS) is 26.3. The van der Waals surface area contributed by atoms with E-state index < -0.39 is 28.5 Å². The molecule has 1 spiro atoms. The lowest BCUT2D eigenvalue weighted by molar-refractivity contribution is -0.136. The molecule has 0 amide bonds. The number of nitrogens with zero attached hydrogens (tertiary/aromatic N) is 4. The fraction of sp³-hybridized carbons (Fsp3) is 0.407. The van der Waals surface area contributed by atoms with Crippen LogP contribution in [-0.4, -0.2) is 47.3 Å². The molecule has 2 aromatic carbocycles. The average Bonchev–Trinajstić information content (AvgIpc) is 3.43. The Balaban J connectivity index is 1.30. The van der Waals surface area contributed by atoms with E-state index in [4.69, 9.17) is 10.4 Å². The van der Waals surface area contributed by atoms with Gasteiger partial charge in [-0.05, 0) is 78.5 Å². The van der Waals surface area contributed by atoms with Crippen molar-refractivity contribution in [1.82, 2.24) is 18.8 Å². The third kappa shape index (κ3) is 4.21. The molecule has 1 saturated carbocycles. The molecule has 2 bridgehead atoms. The number of nitriles is 1. The van der Waals surface area contributed by atoms with E-state index in [1.165, 1.54) is 0 Å². The number of nitrogens with one attached hydrogen (secondary N) is 1. The first-order valence-corrected chi connectivity index (χ1v) is 13.9. The summed E-state index contributed by atoms with van der Waals surface area (Å²) in [4.78, 5) is 0. The molecule has 1 N–H and O–H groups in total. The standard InChI is InChI=1S/C27H26F3N5O2S/c1-34-25(18-4-2-17(14-31)3-5-18)13-24(32-34)20-7-6-19-11-22-8-9-23(12-21(19)10-20)26(22)15-35(16-27(28,29)30)38(36,37)33-26/h2-7,10,13,22-23,33H,8-9,11-12,15-16H2,1H3/t22-,23+,26-/m1/s1. The number of hydrogen-bond acceptors (Lipinski definition) is 4. The van der Waals surface area contributed by atoms with Crippen molar-refractivity contribution in [3.8, 4) is 28.6 Å². The van der Waals surface area contributed by atoms with Crippen molar-refractivity contribution < 1.29 is 21.6 Å². The summed E-state index contributed by atoms with van der Waals surface area (Å²) in [5, 5.41) is 13.8. The maximum absolute atomic E-state index is 13.1. The lowest BCUT2D eigenvalue weighted by Gasteiger charge is -2.33. The monoisotopic (exact) mass is 541 g/mol. The Morgan fingerprint density at radius 3 is 2.37 bits per heavy atom. The molecule has 3 aliphatic rings. The Labute approximate surface area is 219 Å². The second kappa shape index (κ2) is 8.66. The van der Waals surface area contributed by atoms with Crippen molar-refractivity contribution in [2.24, 2.45) is 18.9 Å². The number of alkyl halides is 3. The molecule has 2 heterocycles. The zero-order valence-electron chi connectivity index (χ0n) is 20.7.